The summed E-state index contributed by atoms with van der Waals surface area (Å²) >= 11 is 1.65. The first kappa shape index (κ1) is 10.6. The van der Waals surface area contributed by atoms with E-state index in [1.807, 2.05) is 23.6 Å². The van der Waals surface area contributed by atoms with Crippen LogP contribution in [0.5, 0.6) is 0 Å². The normalized spacial score (nSPS) is 13.2. The van der Waals surface area contributed by atoms with Gasteiger partial charge in [0.1, 0.15) is 0 Å². The highest BCUT2D eigenvalue weighted by atomic mass is 32.1. The summed E-state index contributed by atoms with van der Waals surface area (Å²) < 4.78 is 1.16. The molecule has 1 atom stereocenters. The maximum atomic E-state index is 9.96. The summed E-state index contributed by atoms with van der Waals surface area (Å²) in [4.78, 5) is 0. The molecule has 80 valence electrons. The zero-order valence-corrected chi connectivity index (χ0v) is 9.20. The molecule has 2 rings (SSSR count). The molecule has 0 aliphatic heterocycles. The predicted octanol–water partition coefficient (Wildman–Crippen LogP) is 2.71. The molecule has 2 nitrogen and oxygen atoms in total. The Kier molecular flexibility index (Phi) is 3.36. The molecule has 1 heterocycles. The van der Waals surface area contributed by atoms with Gasteiger partial charge in [0, 0.05) is 11.3 Å². The lowest BCUT2D eigenvalue weighted by molar-refractivity contribution is 0.153. The molecule has 1 unspecified atom stereocenters. The monoisotopic (exact) mass is 222 g/mol. The molecule has 0 aliphatic rings. The zero-order chi connectivity index (χ0) is 10.7. The second-order valence-electron chi connectivity index (χ2n) is 3.57. The lowest BCUT2D eigenvalue weighted by atomic mass is 10.0. The predicted molar refractivity (Wildman–Crippen MR) is 63.1 cm³/mol. The molecule has 1 aromatic heterocycles. The summed E-state index contributed by atoms with van der Waals surface area (Å²) in [6.45, 7) is 0.136. The van der Waals surface area contributed by atoms with Crippen molar-refractivity contribution in [2.24, 2.45) is 0 Å². The van der Waals surface area contributed by atoms with Crippen molar-refractivity contribution in [3.05, 3.63) is 35.2 Å². The van der Waals surface area contributed by atoms with Crippen LogP contribution in [0.15, 0.2) is 29.6 Å². The highest BCUT2D eigenvalue weighted by Gasteiger charge is 2.11. The van der Waals surface area contributed by atoms with Gasteiger partial charge in [0.25, 0.3) is 0 Å². The van der Waals surface area contributed by atoms with E-state index in [9.17, 15) is 5.11 Å². The van der Waals surface area contributed by atoms with Gasteiger partial charge in [-0.05, 0) is 35.2 Å². The standard InChI is InChI=1S/C12H14O2S/c13-7-2-5-11(14)10-4-1-3-9-6-8-15-12(9)10/h1,3-4,6,8,11,13-14H,2,5,7H2. The largest absolute Gasteiger partial charge is 0.396 e. The molecule has 3 heteroatoms. The molecular weight excluding hydrogens is 208 g/mol. The van der Waals surface area contributed by atoms with Crippen LogP contribution < -0.4 is 0 Å². The second-order valence-corrected chi connectivity index (χ2v) is 4.48. The molecule has 15 heavy (non-hydrogen) atoms. The van der Waals surface area contributed by atoms with Gasteiger partial charge in [0.2, 0.25) is 0 Å². The summed E-state index contributed by atoms with van der Waals surface area (Å²) in [5.74, 6) is 0. The Hall–Kier alpha value is -0.900. The van der Waals surface area contributed by atoms with Gasteiger partial charge in [-0.15, -0.1) is 11.3 Å². The average Bonchev–Trinajstić information content (AvgIpc) is 2.73. The number of hydrogen-bond acceptors (Lipinski definition) is 3. The highest BCUT2D eigenvalue weighted by Crippen LogP contribution is 2.30. The number of rotatable bonds is 4. The van der Waals surface area contributed by atoms with Gasteiger partial charge in [-0.1, -0.05) is 18.2 Å². The van der Waals surface area contributed by atoms with Crippen LogP contribution in [0.1, 0.15) is 24.5 Å². The number of aliphatic hydroxyl groups is 2. The van der Waals surface area contributed by atoms with Gasteiger partial charge in [-0.25, -0.2) is 0 Å². The van der Waals surface area contributed by atoms with Crippen LogP contribution >= 0.6 is 11.3 Å². The number of hydrogen-bond donors (Lipinski definition) is 2. The molecule has 2 aromatic rings. The Morgan fingerprint density at radius 3 is 2.93 bits per heavy atom. The van der Waals surface area contributed by atoms with Crippen molar-refractivity contribution in [3.63, 3.8) is 0 Å². The smallest absolute Gasteiger partial charge is 0.0804 e. The molecular formula is C12H14O2S. The van der Waals surface area contributed by atoms with E-state index >= 15 is 0 Å². The highest BCUT2D eigenvalue weighted by molar-refractivity contribution is 7.17. The molecule has 0 amide bonds. The summed E-state index contributed by atoms with van der Waals surface area (Å²) in [6, 6.07) is 8.03. The van der Waals surface area contributed by atoms with Crippen molar-refractivity contribution in [3.8, 4) is 0 Å². The second kappa shape index (κ2) is 4.75. The Labute approximate surface area is 92.8 Å². The van der Waals surface area contributed by atoms with Gasteiger partial charge >= 0.3 is 0 Å². The maximum absolute atomic E-state index is 9.96. The van der Waals surface area contributed by atoms with E-state index in [0.29, 0.717) is 12.8 Å². The van der Waals surface area contributed by atoms with Crippen LogP contribution in [0.25, 0.3) is 10.1 Å². The first-order chi connectivity index (χ1) is 7.33. The van der Waals surface area contributed by atoms with Gasteiger partial charge in [-0.2, -0.15) is 0 Å². The van der Waals surface area contributed by atoms with E-state index in [2.05, 4.69) is 6.07 Å². The number of thiophene rings is 1. The van der Waals surface area contributed by atoms with Crippen LogP contribution in [-0.2, 0) is 0 Å². The van der Waals surface area contributed by atoms with Crippen molar-refractivity contribution >= 4 is 21.4 Å². The van der Waals surface area contributed by atoms with E-state index in [0.717, 1.165) is 10.3 Å². The van der Waals surface area contributed by atoms with Crippen LogP contribution in [0.4, 0.5) is 0 Å². The molecule has 0 spiro atoms. The minimum absolute atomic E-state index is 0.136. The van der Waals surface area contributed by atoms with Gasteiger partial charge in [0.05, 0.1) is 6.10 Å². The fraction of sp³-hybridized carbons (Fsp3) is 0.333. The molecule has 2 N–H and O–H groups in total. The minimum Gasteiger partial charge on any atom is -0.396 e. The quantitative estimate of drug-likeness (QED) is 0.835. The average molecular weight is 222 g/mol. The maximum Gasteiger partial charge on any atom is 0.0804 e. The Morgan fingerprint density at radius 2 is 2.13 bits per heavy atom. The number of aliphatic hydroxyl groups excluding tert-OH is 2. The lowest BCUT2D eigenvalue weighted by Gasteiger charge is -2.10. The Balaban J connectivity index is 2.29. The first-order valence-corrected chi connectivity index (χ1v) is 5.96. The zero-order valence-electron chi connectivity index (χ0n) is 8.39. The third kappa shape index (κ3) is 2.20. The molecule has 0 saturated heterocycles. The van der Waals surface area contributed by atoms with Crippen LogP contribution in [-0.4, -0.2) is 16.8 Å². The van der Waals surface area contributed by atoms with E-state index in [4.69, 9.17) is 5.11 Å². The Morgan fingerprint density at radius 1 is 1.27 bits per heavy atom. The van der Waals surface area contributed by atoms with Crippen LogP contribution in [0.3, 0.4) is 0 Å². The molecule has 0 saturated carbocycles. The fourth-order valence-electron chi connectivity index (χ4n) is 1.72. The molecule has 0 aliphatic carbocycles. The van der Waals surface area contributed by atoms with Crippen molar-refractivity contribution in [1.82, 2.24) is 0 Å². The van der Waals surface area contributed by atoms with E-state index < -0.39 is 6.10 Å². The van der Waals surface area contributed by atoms with Gasteiger partial charge in [0.15, 0.2) is 0 Å². The Bertz CT molecular complexity index is 436. The summed E-state index contributed by atoms with van der Waals surface area (Å²) in [6.07, 6.45) is 0.802. The van der Waals surface area contributed by atoms with Crippen LogP contribution in [0.2, 0.25) is 0 Å². The lowest BCUT2D eigenvalue weighted by Crippen LogP contribution is -1.98. The van der Waals surface area contributed by atoms with Crippen molar-refractivity contribution in [2.45, 2.75) is 18.9 Å². The van der Waals surface area contributed by atoms with Crippen molar-refractivity contribution in [1.29, 1.82) is 0 Å². The SMILES string of the molecule is OCCCC(O)c1cccc2ccsc12. The molecule has 0 radical (unpaired) electrons. The third-order valence-corrected chi connectivity index (χ3v) is 3.48. The summed E-state index contributed by atoms with van der Waals surface area (Å²) in [5, 5.41) is 21.9. The summed E-state index contributed by atoms with van der Waals surface area (Å²) in [7, 11) is 0. The van der Waals surface area contributed by atoms with E-state index in [-0.39, 0.29) is 6.61 Å². The van der Waals surface area contributed by atoms with Crippen molar-refractivity contribution in [2.75, 3.05) is 6.61 Å². The van der Waals surface area contributed by atoms with E-state index in [1.54, 1.807) is 11.3 Å². The molecule has 0 bridgehead atoms. The molecule has 0 fully saturated rings. The molecule has 1 aromatic carbocycles. The van der Waals surface area contributed by atoms with Crippen LogP contribution in [0, 0.1) is 0 Å². The number of fused-ring (bicyclic) bond motifs is 1. The first-order valence-electron chi connectivity index (χ1n) is 5.08. The van der Waals surface area contributed by atoms with Gasteiger partial charge < -0.3 is 10.2 Å². The van der Waals surface area contributed by atoms with E-state index in [1.165, 1.54) is 5.39 Å². The minimum atomic E-state index is -0.459. The summed E-state index contributed by atoms with van der Waals surface area (Å²) in [5.41, 5.74) is 0.982. The fourth-order valence-corrected chi connectivity index (χ4v) is 2.68. The van der Waals surface area contributed by atoms with Gasteiger partial charge in [-0.3, -0.25) is 0 Å². The topological polar surface area (TPSA) is 40.5 Å². The van der Waals surface area contributed by atoms with Crippen molar-refractivity contribution < 1.29 is 10.2 Å². The third-order valence-electron chi connectivity index (χ3n) is 2.50. The number of benzene rings is 1.